The molecule has 0 N–H and O–H groups in total. The normalized spacial score (nSPS) is 13.6. The fraction of sp³-hybridized carbons (Fsp3) is 0.727. The second-order valence-electron chi connectivity index (χ2n) is 8.23. The number of carbonyl (C=O) groups is 1. The third-order valence-corrected chi connectivity index (χ3v) is 6.54. The van der Waals surface area contributed by atoms with Crippen LogP contribution in [-0.2, 0) is 20.7 Å². The molecule has 1 heterocycles. The summed E-state index contributed by atoms with van der Waals surface area (Å²) >= 11 is 0. The molecule has 0 saturated heterocycles. The quantitative estimate of drug-likeness (QED) is 0.236. The topological polar surface area (TPSA) is 53.3 Å². The van der Waals surface area contributed by atoms with Gasteiger partial charge in [0, 0.05) is 19.1 Å². The molecule has 0 bridgehead atoms. The van der Waals surface area contributed by atoms with Crippen molar-refractivity contribution in [1.82, 2.24) is 9.55 Å². The van der Waals surface area contributed by atoms with Crippen LogP contribution in [0.2, 0.25) is 19.6 Å². The van der Waals surface area contributed by atoms with Gasteiger partial charge < -0.3 is 14.0 Å². The van der Waals surface area contributed by atoms with Crippen molar-refractivity contribution in [2.45, 2.75) is 91.7 Å². The van der Waals surface area contributed by atoms with E-state index < -0.39 is 8.07 Å². The van der Waals surface area contributed by atoms with Gasteiger partial charge in [-0.2, -0.15) is 0 Å². The number of carbonyl (C=O) groups excluding carboxylic acids is 1. The fourth-order valence-corrected chi connectivity index (χ4v) is 4.98. The lowest BCUT2D eigenvalue weighted by Crippen LogP contribution is -2.39. The van der Waals surface area contributed by atoms with E-state index in [9.17, 15) is 4.79 Å². The van der Waals surface area contributed by atoms with Gasteiger partial charge in [0.25, 0.3) is 0 Å². The minimum atomic E-state index is -1.69. The molecule has 5 nitrogen and oxygen atoms in total. The Bertz CT molecular complexity index is 632. The molecule has 0 radical (unpaired) electrons. The van der Waals surface area contributed by atoms with Gasteiger partial charge in [-0.15, -0.1) is 0 Å². The van der Waals surface area contributed by atoms with Gasteiger partial charge in [-0.3, -0.25) is 0 Å². The second kappa shape index (κ2) is 12.2. The smallest absolute Gasteiger partial charge is 0.331 e. The summed E-state index contributed by atoms with van der Waals surface area (Å²) in [6.45, 7) is 16.2. The Morgan fingerprint density at radius 2 is 1.82 bits per heavy atom. The molecule has 0 aromatic carbocycles. The monoisotopic (exact) mass is 408 g/mol. The minimum Gasteiger partial charge on any atom is -0.463 e. The summed E-state index contributed by atoms with van der Waals surface area (Å²) in [5.74, 6) is 0.774. The van der Waals surface area contributed by atoms with E-state index in [0.29, 0.717) is 13.2 Å². The predicted octanol–water partition coefficient (Wildman–Crippen LogP) is 5.77. The van der Waals surface area contributed by atoms with Crippen molar-refractivity contribution in [3.63, 3.8) is 0 Å². The Hall–Kier alpha value is -1.40. The maximum Gasteiger partial charge on any atom is 0.331 e. The third-order valence-electron chi connectivity index (χ3n) is 4.63. The molecule has 0 aliphatic carbocycles. The summed E-state index contributed by atoms with van der Waals surface area (Å²) in [5.41, 5.74) is 2.01. The van der Waals surface area contributed by atoms with Gasteiger partial charge in [0.05, 0.1) is 18.5 Å². The van der Waals surface area contributed by atoms with Crippen molar-refractivity contribution in [2.75, 3.05) is 13.2 Å². The van der Waals surface area contributed by atoms with E-state index in [1.807, 2.05) is 20.0 Å². The third kappa shape index (κ3) is 7.21. The minimum absolute atomic E-state index is 0.00548. The number of hydrogen-bond donors (Lipinski definition) is 0. The van der Waals surface area contributed by atoms with Crippen LogP contribution in [0.15, 0.2) is 12.3 Å². The number of unbranched alkanes of at least 4 members (excludes halogenated alkanes) is 2. The van der Waals surface area contributed by atoms with Crippen molar-refractivity contribution < 1.29 is 14.3 Å². The SMILES string of the molecule is CCCCC(=CC(=O)OCC)c1cnc(CCCC)n1C(OCC)[Si](C)(C)C. The molecule has 0 saturated carbocycles. The largest absolute Gasteiger partial charge is 0.463 e. The van der Waals surface area contributed by atoms with Crippen LogP contribution < -0.4 is 0 Å². The van der Waals surface area contributed by atoms with Crippen LogP contribution in [0.5, 0.6) is 0 Å². The Balaban J connectivity index is 3.51. The van der Waals surface area contributed by atoms with E-state index in [-0.39, 0.29) is 11.8 Å². The van der Waals surface area contributed by atoms with Gasteiger partial charge >= 0.3 is 5.97 Å². The van der Waals surface area contributed by atoms with Crippen LogP contribution in [0.25, 0.3) is 5.57 Å². The van der Waals surface area contributed by atoms with Crippen LogP contribution >= 0.6 is 0 Å². The summed E-state index contributed by atoms with van der Waals surface area (Å²) < 4.78 is 13.7. The molecule has 1 atom stereocenters. The zero-order valence-electron chi connectivity index (χ0n) is 19.0. The zero-order chi connectivity index (χ0) is 21.2. The van der Waals surface area contributed by atoms with Gasteiger partial charge in [0.15, 0.2) is 0 Å². The molecular weight excluding hydrogens is 368 g/mol. The Morgan fingerprint density at radius 3 is 2.36 bits per heavy atom. The van der Waals surface area contributed by atoms with Crippen LogP contribution in [0, 0.1) is 0 Å². The lowest BCUT2D eigenvalue weighted by molar-refractivity contribution is -0.137. The van der Waals surface area contributed by atoms with Crippen LogP contribution in [0.1, 0.15) is 77.2 Å². The lowest BCUT2D eigenvalue weighted by Gasteiger charge is -2.33. The molecule has 0 amide bonds. The van der Waals surface area contributed by atoms with Crippen LogP contribution in [-0.4, -0.2) is 36.8 Å². The maximum absolute atomic E-state index is 12.2. The summed E-state index contributed by atoms with van der Waals surface area (Å²) in [7, 11) is -1.69. The van der Waals surface area contributed by atoms with Gasteiger partial charge in [0.2, 0.25) is 0 Å². The predicted molar refractivity (Wildman–Crippen MR) is 119 cm³/mol. The molecule has 1 rings (SSSR count). The number of nitrogens with zero attached hydrogens (tertiary/aromatic N) is 2. The average molecular weight is 409 g/mol. The van der Waals surface area contributed by atoms with E-state index in [4.69, 9.17) is 14.5 Å². The molecule has 0 fully saturated rings. The van der Waals surface area contributed by atoms with E-state index >= 15 is 0 Å². The zero-order valence-corrected chi connectivity index (χ0v) is 20.0. The molecule has 1 aromatic heterocycles. The van der Waals surface area contributed by atoms with Gasteiger partial charge in [-0.25, -0.2) is 9.78 Å². The lowest BCUT2D eigenvalue weighted by atomic mass is 10.1. The maximum atomic E-state index is 12.2. The Kier molecular flexibility index (Phi) is 10.8. The number of allylic oxidation sites excluding steroid dienone is 1. The first-order valence-corrected chi connectivity index (χ1v) is 14.4. The van der Waals surface area contributed by atoms with Gasteiger partial charge in [-0.1, -0.05) is 46.3 Å². The van der Waals surface area contributed by atoms with E-state index in [2.05, 4.69) is 38.1 Å². The highest BCUT2D eigenvalue weighted by Crippen LogP contribution is 2.31. The molecular formula is C22H40N2O3Si. The van der Waals surface area contributed by atoms with E-state index in [0.717, 1.165) is 55.6 Å². The number of aryl methyl sites for hydroxylation is 1. The Morgan fingerprint density at radius 1 is 1.14 bits per heavy atom. The van der Waals surface area contributed by atoms with Crippen molar-refractivity contribution in [3.05, 3.63) is 23.8 Å². The van der Waals surface area contributed by atoms with E-state index in [1.54, 1.807) is 6.08 Å². The van der Waals surface area contributed by atoms with Crippen molar-refractivity contribution >= 4 is 19.6 Å². The molecule has 1 unspecified atom stereocenters. The second-order valence-corrected chi connectivity index (χ2v) is 13.5. The number of hydrogen-bond acceptors (Lipinski definition) is 4. The average Bonchev–Trinajstić information content (AvgIpc) is 3.03. The highest BCUT2D eigenvalue weighted by atomic mass is 28.3. The van der Waals surface area contributed by atoms with Crippen molar-refractivity contribution in [2.24, 2.45) is 0 Å². The molecule has 28 heavy (non-hydrogen) atoms. The van der Waals surface area contributed by atoms with Gasteiger partial charge in [0.1, 0.15) is 19.7 Å². The molecule has 0 spiro atoms. The van der Waals surface area contributed by atoms with Crippen molar-refractivity contribution in [3.8, 4) is 0 Å². The number of imidazole rings is 1. The van der Waals surface area contributed by atoms with Crippen LogP contribution in [0.4, 0.5) is 0 Å². The highest BCUT2D eigenvalue weighted by Gasteiger charge is 2.33. The number of esters is 1. The van der Waals surface area contributed by atoms with Crippen molar-refractivity contribution in [1.29, 1.82) is 0 Å². The number of rotatable bonds is 13. The molecule has 1 aromatic rings. The summed E-state index contributed by atoms with van der Waals surface area (Å²) in [6, 6.07) is 0. The summed E-state index contributed by atoms with van der Waals surface area (Å²) in [6.07, 6.45) is 9.64. The first kappa shape index (κ1) is 24.6. The first-order chi connectivity index (χ1) is 13.3. The highest BCUT2D eigenvalue weighted by molar-refractivity contribution is 6.76. The summed E-state index contributed by atoms with van der Waals surface area (Å²) in [4.78, 5) is 17.0. The first-order valence-electron chi connectivity index (χ1n) is 10.8. The molecule has 6 heteroatoms. The van der Waals surface area contributed by atoms with E-state index in [1.165, 1.54) is 0 Å². The Labute approximate surface area is 172 Å². The number of ether oxygens (including phenoxy) is 2. The standard InChI is InChI=1S/C22H40N2O3Si/c1-8-12-14-18(16-21(25)26-10-3)19-17-23-20(15-13-9-2)24(19)22(27-11-4)28(5,6)7/h16-17,22H,8-15H2,1-7H3. The van der Waals surface area contributed by atoms with Gasteiger partial charge in [-0.05, 0) is 38.7 Å². The molecule has 0 aliphatic heterocycles. The fourth-order valence-electron chi connectivity index (χ4n) is 3.26. The molecule has 160 valence electrons. The van der Waals surface area contributed by atoms with Crippen LogP contribution in [0.3, 0.4) is 0 Å². The summed E-state index contributed by atoms with van der Waals surface area (Å²) in [5, 5.41) is 0. The number of aromatic nitrogens is 2. The molecule has 0 aliphatic rings.